The van der Waals surface area contributed by atoms with Crippen LogP contribution in [0.2, 0.25) is 0 Å². The van der Waals surface area contributed by atoms with E-state index in [4.69, 9.17) is 15.2 Å². The highest BCUT2D eigenvalue weighted by molar-refractivity contribution is 5.56. The highest BCUT2D eigenvalue weighted by atomic mass is 16.5. The Bertz CT molecular complexity index is 544. The van der Waals surface area contributed by atoms with Crippen LogP contribution in [0, 0.1) is 0 Å². The Hall–Kier alpha value is -2.30. The van der Waals surface area contributed by atoms with Crippen LogP contribution in [0.4, 0.5) is 5.69 Å². The summed E-state index contributed by atoms with van der Waals surface area (Å²) in [7, 11) is 1.59. The second-order valence-electron chi connectivity index (χ2n) is 3.71. The lowest BCUT2D eigenvalue weighted by Crippen LogP contribution is -1.96. The van der Waals surface area contributed by atoms with Gasteiger partial charge in [-0.3, -0.25) is 0 Å². The van der Waals surface area contributed by atoms with Gasteiger partial charge in [0, 0.05) is 17.8 Å². The average molecular weight is 245 g/mol. The summed E-state index contributed by atoms with van der Waals surface area (Å²) in [4.78, 5) is 8.16. The van der Waals surface area contributed by atoms with Crippen LogP contribution in [0.3, 0.4) is 0 Å². The zero-order chi connectivity index (χ0) is 13.0. The topological polar surface area (TPSA) is 70.3 Å². The summed E-state index contributed by atoms with van der Waals surface area (Å²) >= 11 is 0. The van der Waals surface area contributed by atoms with E-state index in [1.54, 1.807) is 31.4 Å². The fraction of sp³-hybridized carbons (Fsp3) is 0.231. The average Bonchev–Trinajstić information content (AvgIpc) is 2.41. The van der Waals surface area contributed by atoms with Crippen molar-refractivity contribution in [3.63, 3.8) is 0 Å². The van der Waals surface area contributed by atoms with Gasteiger partial charge in [-0.2, -0.15) is 0 Å². The minimum Gasteiger partial charge on any atom is -0.497 e. The van der Waals surface area contributed by atoms with Crippen LogP contribution in [0.25, 0.3) is 0 Å². The molecule has 0 atom stereocenters. The Labute approximate surface area is 106 Å². The van der Waals surface area contributed by atoms with Gasteiger partial charge in [-0.15, -0.1) is 0 Å². The molecule has 1 aromatic heterocycles. The number of aryl methyl sites for hydroxylation is 1. The zero-order valence-corrected chi connectivity index (χ0v) is 10.4. The number of aromatic nitrogens is 2. The lowest BCUT2D eigenvalue weighted by Gasteiger charge is -2.09. The third kappa shape index (κ3) is 2.68. The molecule has 18 heavy (non-hydrogen) atoms. The molecule has 5 heteroatoms. The standard InChI is InChI=1S/C13H15N3O2/c1-3-9-6-13(16-8-15-9)18-12-7-10(17-2)4-5-11(12)14/h4-8H,3,14H2,1-2H3. The molecule has 0 spiro atoms. The number of hydrogen-bond donors (Lipinski definition) is 1. The first kappa shape index (κ1) is 12.2. The van der Waals surface area contributed by atoms with Crippen LogP contribution in [0.1, 0.15) is 12.6 Å². The summed E-state index contributed by atoms with van der Waals surface area (Å²) in [5, 5.41) is 0. The summed E-state index contributed by atoms with van der Waals surface area (Å²) < 4.78 is 10.8. The van der Waals surface area contributed by atoms with E-state index >= 15 is 0 Å². The van der Waals surface area contributed by atoms with Crippen molar-refractivity contribution in [2.45, 2.75) is 13.3 Å². The van der Waals surface area contributed by atoms with Crippen molar-refractivity contribution < 1.29 is 9.47 Å². The number of ether oxygens (including phenoxy) is 2. The molecule has 94 valence electrons. The Morgan fingerprint density at radius 2 is 2.06 bits per heavy atom. The van der Waals surface area contributed by atoms with Gasteiger partial charge in [0.25, 0.3) is 0 Å². The predicted octanol–water partition coefficient (Wildman–Crippen LogP) is 2.42. The highest BCUT2D eigenvalue weighted by Crippen LogP contribution is 2.30. The second kappa shape index (κ2) is 5.35. The predicted molar refractivity (Wildman–Crippen MR) is 68.9 cm³/mol. The first-order chi connectivity index (χ1) is 8.72. The van der Waals surface area contributed by atoms with Crippen LogP contribution in [-0.2, 0) is 6.42 Å². The smallest absolute Gasteiger partial charge is 0.222 e. The van der Waals surface area contributed by atoms with E-state index in [2.05, 4.69) is 9.97 Å². The van der Waals surface area contributed by atoms with E-state index in [0.29, 0.717) is 23.1 Å². The lowest BCUT2D eigenvalue weighted by molar-refractivity contribution is 0.407. The van der Waals surface area contributed by atoms with Gasteiger partial charge in [-0.25, -0.2) is 9.97 Å². The number of benzene rings is 1. The molecule has 2 rings (SSSR count). The van der Waals surface area contributed by atoms with Crippen molar-refractivity contribution in [1.82, 2.24) is 9.97 Å². The third-order valence-corrected chi connectivity index (χ3v) is 2.50. The molecule has 0 bridgehead atoms. The Morgan fingerprint density at radius 3 is 2.78 bits per heavy atom. The molecule has 0 aliphatic rings. The Balaban J connectivity index is 2.27. The van der Waals surface area contributed by atoms with E-state index < -0.39 is 0 Å². The number of rotatable bonds is 4. The second-order valence-corrected chi connectivity index (χ2v) is 3.71. The quantitative estimate of drug-likeness (QED) is 0.837. The third-order valence-electron chi connectivity index (χ3n) is 2.50. The monoisotopic (exact) mass is 245 g/mol. The van der Waals surface area contributed by atoms with Gasteiger partial charge in [0.1, 0.15) is 12.1 Å². The highest BCUT2D eigenvalue weighted by Gasteiger charge is 2.06. The largest absolute Gasteiger partial charge is 0.497 e. The number of hydrogen-bond acceptors (Lipinski definition) is 5. The Morgan fingerprint density at radius 1 is 1.22 bits per heavy atom. The number of methoxy groups -OCH3 is 1. The van der Waals surface area contributed by atoms with Crippen LogP contribution < -0.4 is 15.2 Å². The molecule has 2 aromatic rings. The van der Waals surface area contributed by atoms with Crippen LogP contribution in [-0.4, -0.2) is 17.1 Å². The van der Waals surface area contributed by atoms with Gasteiger partial charge in [-0.1, -0.05) is 6.92 Å². The molecule has 2 N–H and O–H groups in total. The van der Waals surface area contributed by atoms with Crippen molar-refractivity contribution in [2.24, 2.45) is 0 Å². The van der Waals surface area contributed by atoms with E-state index in [-0.39, 0.29) is 0 Å². The number of nitrogen functional groups attached to an aromatic ring is 1. The number of nitrogens with two attached hydrogens (primary N) is 1. The molecule has 0 aliphatic carbocycles. The molecule has 1 heterocycles. The lowest BCUT2D eigenvalue weighted by atomic mass is 10.3. The van der Waals surface area contributed by atoms with Crippen molar-refractivity contribution in [3.05, 3.63) is 36.3 Å². The molecule has 0 saturated carbocycles. The molecule has 0 radical (unpaired) electrons. The van der Waals surface area contributed by atoms with Crippen LogP contribution in [0.5, 0.6) is 17.4 Å². The summed E-state index contributed by atoms with van der Waals surface area (Å²) in [5.41, 5.74) is 7.29. The molecule has 0 saturated heterocycles. The van der Waals surface area contributed by atoms with Gasteiger partial charge >= 0.3 is 0 Å². The van der Waals surface area contributed by atoms with Crippen LogP contribution >= 0.6 is 0 Å². The van der Waals surface area contributed by atoms with Crippen molar-refractivity contribution in [2.75, 3.05) is 12.8 Å². The van der Waals surface area contributed by atoms with E-state index in [0.717, 1.165) is 12.1 Å². The normalized spacial score (nSPS) is 10.1. The number of nitrogens with zero attached hydrogens (tertiary/aromatic N) is 2. The molecule has 5 nitrogen and oxygen atoms in total. The molecular weight excluding hydrogens is 230 g/mol. The van der Waals surface area contributed by atoms with Crippen molar-refractivity contribution >= 4 is 5.69 Å². The van der Waals surface area contributed by atoms with Crippen LogP contribution in [0.15, 0.2) is 30.6 Å². The minimum absolute atomic E-state index is 0.474. The SMILES string of the molecule is CCc1cc(Oc2cc(OC)ccc2N)ncn1. The first-order valence-corrected chi connectivity index (χ1v) is 5.65. The fourth-order valence-electron chi connectivity index (χ4n) is 1.47. The summed E-state index contributed by atoms with van der Waals surface area (Å²) in [5.74, 6) is 1.68. The van der Waals surface area contributed by atoms with Gasteiger partial charge in [0.2, 0.25) is 5.88 Å². The molecule has 0 aliphatic heterocycles. The van der Waals surface area contributed by atoms with Crippen molar-refractivity contribution in [1.29, 1.82) is 0 Å². The fourth-order valence-corrected chi connectivity index (χ4v) is 1.47. The number of anilines is 1. The van der Waals surface area contributed by atoms with E-state index in [9.17, 15) is 0 Å². The minimum atomic E-state index is 0.474. The van der Waals surface area contributed by atoms with E-state index in [1.165, 1.54) is 6.33 Å². The van der Waals surface area contributed by atoms with Gasteiger partial charge in [-0.05, 0) is 18.6 Å². The molecular formula is C13H15N3O2. The van der Waals surface area contributed by atoms with Gasteiger partial charge in [0.05, 0.1) is 12.8 Å². The summed E-state index contributed by atoms with van der Waals surface area (Å²) in [6, 6.07) is 7.03. The maximum absolute atomic E-state index is 5.84. The van der Waals surface area contributed by atoms with E-state index in [1.807, 2.05) is 6.92 Å². The summed E-state index contributed by atoms with van der Waals surface area (Å²) in [6.45, 7) is 2.02. The maximum atomic E-state index is 5.84. The summed E-state index contributed by atoms with van der Waals surface area (Å²) in [6.07, 6.45) is 2.30. The molecule has 1 aromatic carbocycles. The Kier molecular flexibility index (Phi) is 3.62. The molecule has 0 fully saturated rings. The maximum Gasteiger partial charge on any atom is 0.222 e. The molecule has 0 amide bonds. The van der Waals surface area contributed by atoms with Gasteiger partial charge in [0.15, 0.2) is 5.75 Å². The zero-order valence-electron chi connectivity index (χ0n) is 10.4. The molecule has 0 unspecified atom stereocenters. The van der Waals surface area contributed by atoms with Gasteiger partial charge < -0.3 is 15.2 Å². The first-order valence-electron chi connectivity index (χ1n) is 5.65. The van der Waals surface area contributed by atoms with Crippen molar-refractivity contribution in [3.8, 4) is 17.4 Å².